The van der Waals surface area contributed by atoms with E-state index in [2.05, 4.69) is 41.6 Å². The van der Waals surface area contributed by atoms with Gasteiger partial charge in [-0.15, -0.1) is 11.3 Å². The number of aromatic nitrogens is 1. The van der Waals surface area contributed by atoms with Gasteiger partial charge in [-0.3, -0.25) is 14.9 Å². The van der Waals surface area contributed by atoms with E-state index >= 15 is 0 Å². The van der Waals surface area contributed by atoms with Crippen LogP contribution in [0.15, 0.2) is 47.8 Å². The van der Waals surface area contributed by atoms with E-state index in [4.69, 9.17) is 0 Å². The zero-order valence-electron chi connectivity index (χ0n) is 14.8. The SMILES string of the molecule is CC(=O)Nc1ccc(C(=O)Nc2nc(-c3ccc(C)cc3C)cs2)cc1. The highest BCUT2D eigenvalue weighted by Gasteiger charge is 2.11. The minimum atomic E-state index is -0.235. The third-order valence-corrected chi connectivity index (χ3v) is 4.61. The Morgan fingerprint density at radius 1 is 1.00 bits per heavy atom. The van der Waals surface area contributed by atoms with Crippen LogP contribution in [0.2, 0.25) is 0 Å². The lowest BCUT2D eigenvalue weighted by molar-refractivity contribution is -0.114. The molecule has 0 saturated carbocycles. The summed E-state index contributed by atoms with van der Waals surface area (Å²) < 4.78 is 0. The second-order valence-electron chi connectivity index (χ2n) is 6.07. The van der Waals surface area contributed by atoms with Crippen LogP contribution in [0, 0.1) is 13.8 Å². The molecule has 5 nitrogen and oxygen atoms in total. The smallest absolute Gasteiger partial charge is 0.257 e. The molecule has 1 aromatic heterocycles. The van der Waals surface area contributed by atoms with Gasteiger partial charge < -0.3 is 5.32 Å². The molecule has 0 aliphatic rings. The first-order valence-corrected chi connectivity index (χ1v) is 9.02. The number of rotatable bonds is 4. The van der Waals surface area contributed by atoms with Crippen molar-refractivity contribution in [3.05, 3.63) is 64.5 Å². The maximum atomic E-state index is 12.4. The lowest BCUT2D eigenvalue weighted by Gasteiger charge is -2.05. The third-order valence-electron chi connectivity index (χ3n) is 3.85. The van der Waals surface area contributed by atoms with Crippen LogP contribution in [0.5, 0.6) is 0 Å². The number of aryl methyl sites for hydroxylation is 2. The largest absolute Gasteiger partial charge is 0.326 e. The Balaban J connectivity index is 1.72. The maximum Gasteiger partial charge on any atom is 0.257 e. The molecule has 0 radical (unpaired) electrons. The van der Waals surface area contributed by atoms with E-state index in [0.717, 1.165) is 16.8 Å². The molecule has 3 rings (SSSR count). The van der Waals surface area contributed by atoms with Gasteiger partial charge in [-0.2, -0.15) is 0 Å². The summed E-state index contributed by atoms with van der Waals surface area (Å²) in [4.78, 5) is 27.9. The number of hydrogen-bond donors (Lipinski definition) is 2. The molecule has 2 aromatic carbocycles. The first kappa shape index (κ1) is 17.8. The molecule has 0 saturated heterocycles. The Labute approximate surface area is 156 Å². The summed E-state index contributed by atoms with van der Waals surface area (Å²) in [5.41, 5.74) is 5.43. The highest BCUT2D eigenvalue weighted by Crippen LogP contribution is 2.28. The van der Waals surface area contributed by atoms with Crippen molar-refractivity contribution < 1.29 is 9.59 Å². The van der Waals surface area contributed by atoms with Crippen molar-refractivity contribution in [1.82, 2.24) is 4.98 Å². The lowest BCUT2D eigenvalue weighted by Crippen LogP contribution is -2.12. The van der Waals surface area contributed by atoms with Gasteiger partial charge in [0.25, 0.3) is 5.91 Å². The molecule has 0 aliphatic carbocycles. The summed E-state index contributed by atoms with van der Waals surface area (Å²) >= 11 is 1.39. The van der Waals surface area contributed by atoms with Gasteiger partial charge in [0.05, 0.1) is 5.69 Å². The second kappa shape index (κ2) is 7.49. The minimum absolute atomic E-state index is 0.149. The van der Waals surface area contributed by atoms with Crippen molar-refractivity contribution in [2.75, 3.05) is 10.6 Å². The zero-order valence-corrected chi connectivity index (χ0v) is 15.6. The van der Waals surface area contributed by atoms with Gasteiger partial charge in [-0.1, -0.05) is 23.8 Å². The van der Waals surface area contributed by atoms with E-state index in [1.54, 1.807) is 24.3 Å². The summed E-state index contributed by atoms with van der Waals surface area (Å²) in [7, 11) is 0. The van der Waals surface area contributed by atoms with Crippen molar-refractivity contribution in [3.8, 4) is 11.3 Å². The van der Waals surface area contributed by atoms with Crippen molar-refractivity contribution >= 4 is 34.0 Å². The Morgan fingerprint density at radius 2 is 1.73 bits per heavy atom. The van der Waals surface area contributed by atoms with E-state index in [0.29, 0.717) is 16.4 Å². The van der Waals surface area contributed by atoms with Crippen LogP contribution in [0.3, 0.4) is 0 Å². The van der Waals surface area contributed by atoms with Gasteiger partial charge in [0.15, 0.2) is 5.13 Å². The Kier molecular flexibility index (Phi) is 5.14. The Morgan fingerprint density at radius 3 is 2.38 bits per heavy atom. The van der Waals surface area contributed by atoms with Crippen LogP contribution in [-0.2, 0) is 4.79 Å². The standard InChI is InChI=1S/C20H19N3O2S/c1-12-4-9-17(13(2)10-12)18-11-26-20(22-18)23-19(25)15-5-7-16(8-6-15)21-14(3)24/h4-11H,1-3H3,(H,21,24)(H,22,23,25). The van der Waals surface area contributed by atoms with Crippen LogP contribution in [0.1, 0.15) is 28.4 Å². The first-order valence-electron chi connectivity index (χ1n) is 8.14. The zero-order chi connectivity index (χ0) is 18.7. The molecule has 0 atom stereocenters. The molecule has 3 aromatic rings. The molecule has 0 bridgehead atoms. The number of hydrogen-bond acceptors (Lipinski definition) is 4. The molecule has 132 valence electrons. The molecule has 0 unspecified atom stereocenters. The van der Waals surface area contributed by atoms with Crippen molar-refractivity contribution in [1.29, 1.82) is 0 Å². The molecular formula is C20H19N3O2S. The van der Waals surface area contributed by atoms with E-state index in [-0.39, 0.29) is 11.8 Å². The van der Waals surface area contributed by atoms with Gasteiger partial charge in [0.2, 0.25) is 5.91 Å². The third kappa shape index (κ3) is 4.15. The fourth-order valence-electron chi connectivity index (χ4n) is 2.63. The molecule has 6 heteroatoms. The Hall–Kier alpha value is -2.99. The van der Waals surface area contributed by atoms with Crippen molar-refractivity contribution in [2.45, 2.75) is 20.8 Å². The molecule has 26 heavy (non-hydrogen) atoms. The molecular weight excluding hydrogens is 346 g/mol. The number of anilines is 2. The summed E-state index contributed by atoms with van der Waals surface area (Å²) in [5, 5.41) is 7.98. The van der Waals surface area contributed by atoms with Gasteiger partial charge in [0.1, 0.15) is 0 Å². The van der Waals surface area contributed by atoms with Crippen LogP contribution in [-0.4, -0.2) is 16.8 Å². The average molecular weight is 365 g/mol. The summed E-state index contributed by atoms with van der Waals surface area (Å²) in [6.07, 6.45) is 0. The molecule has 0 aliphatic heterocycles. The number of amides is 2. The fourth-order valence-corrected chi connectivity index (χ4v) is 3.34. The molecule has 0 spiro atoms. The summed E-state index contributed by atoms with van der Waals surface area (Å²) in [6.45, 7) is 5.55. The monoisotopic (exact) mass is 365 g/mol. The van der Waals surface area contributed by atoms with E-state index < -0.39 is 0 Å². The number of benzene rings is 2. The maximum absolute atomic E-state index is 12.4. The normalized spacial score (nSPS) is 10.4. The quantitative estimate of drug-likeness (QED) is 0.708. The van der Waals surface area contributed by atoms with Crippen molar-refractivity contribution in [2.24, 2.45) is 0 Å². The molecule has 0 fully saturated rings. The van der Waals surface area contributed by atoms with E-state index in [1.165, 1.54) is 23.8 Å². The summed E-state index contributed by atoms with van der Waals surface area (Å²) in [6, 6.07) is 12.9. The predicted octanol–water partition coefficient (Wildman–Crippen LogP) is 4.64. The van der Waals surface area contributed by atoms with E-state index in [9.17, 15) is 9.59 Å². The van der Waals surface area contributed by atoms with Crippen LogP contribution in [0.4, 0.5) is 10.8 Å². The number of carbonyl (C=O) groups excluding carboxylic acids is 2. The minimum Gasteiger partial charge on any atom is -0.326 e. The second-order valence-corrected chi connectivity index (χ2v) is 6.93. The Bertz CT molecular complexity index is 961. The topological polar surface area (TPSA) is 71.1 Å². The fraction of sp³-hybridized carbons (Fsp3) is 0.150. The molecule has 2 amide bonds. The molecule has 2 N–H and O–H groups in total. The average Bonchev–Trinajstić information content (AvgIpc) is 3.03. The van der Waals surface area contributed by atoms with Gasteiger partial charge in [-0.25, -0.2) is 4.98 Å². The summed E-state index contributed by atoms with van der Waals surface area (Å²) in [5.74, 6) is -0.384. The number of thiazole rings is 1. The van der Waals surface area contributed by atoms with Crippen LogP contribution in [0.25, 0.3) is 11.3 Å². The molecule has 1 heterocycles. The number of nitrogens with one attached hydrogen (secondary N) is 2. The van der Waals surface area contributed by atoms with Gasteiger partial charge in [0, 0.05) is 29.1 Å². The van der Waals surface area contributed by atoms with Crippen LogP contribution >= 0.6 is 11.3 Å². The lowest BCUT2D eigenvalue weighted by atomic mass is 10.0. The first-order chi connectivity index (χ1) is 12.4. The van der Waals surface area contributed by atoms with Crippen LogP contribution < -0.4 is 10.6 Å². The van der Waals surface area contributed by atoms with Crippen molar-refractivity contribution in [3.63, 3.8) is 0 Å². The highest BCUT2D eigenvalue weighted by atomic mass is 32.1. The van der Waals surface area contributed by atoms with E-state index in [1.807, 2.05) is 11.4 Å². The van der Waals surface area contributed by atoms with Gasteiger partial charge in [-0.05, 0) is 43.7 Å². The highest BCUT2D eigenvalue weighted by molar-refractivity contribution is 7.14. The predicted molar refractivity (Wildman–Crippen MR) is 106 cm³/mol. The number of carbonyl (C=O) groups is 2. The van der Waals surface area contributed by atoms with Gasteiger partial charge >= 0.3 is 0 Å². The number of nitrogens with zero attached hydrogens (tertiary/aromatic N) is 1.